The van der Waals surface area contributed by atoms with Gasteiger partial charge in [0.15, 0.2) is 5.69 Å². The van der Waals surface area contributed by atoms with Gasteiger partial charge in [0.2, 0.25) is 11.8 Å². The molecule has 2 amide bonds. The van der Waals surface area contributed by atoms with Crippen LogP contribution in [0.3, 0.4) is 0 Å². The Morgan fingerprint density at radius 1 is 1.00 bits per heavy atom. The summed E-state index contributed by atoms with van der Waals surface area (Å²) in [6, 6.07) is 14.3. The van der Waals surface area contributed by atoms with Crippen LogP contribution in [0.1, 0.15) is 51.5 Å². The van der Waals surface area contributed by atoms with E-state index in [1.807, 2.05) is 51.1 Å². The van der Waals surface area contributed by atoms with Crippen molar-refractivity contribution in [3.8, 4) is 17.4 Å². The van der Waals surface area contributed by atoms with Crippen molar-refractivity contribution in [1.29, 1.82) is 0 Å². The molecule has 2 aliphatic rings. The summed E-state index contributed by atoms with van der Waals surface area (Å²) < 4.78 is 53.9. The minimum absolute atomic E-state index is 0.0611. The van der Waals surface area contributed by atoms with E-state index in [4.69, 9.17) is 15.2 Å². The Labute approximate surface area is 281 Å². The van der Waals surface area contributed by atoms with Gasteiger partial charge in [-0.15, -0.1) is 13.2 Å². The van der Waals surface area contributed by atoms with Crippen LogP contribution < -0.4 is 20.8 Å². The van der Waals surface area contributed by atoms with Gasteiger partial charge in [-0.1, -0.05) is 36.4 Å². The first-order chi connectivity index (χ1) is 23.0. The van der Waals surface area contributed by atoms with Crippen LogP contribution in [0.25, 0.3) is 0 Å². The Bertz CT molecular complexity index is 1700. The van der Waals surface area contributed by atoms with Crippen molar-refractivity contribution in [2.75, 3.05) is 31.9 Å². The average Bonchev–Trinajstić information content (AvgIpc) is 3.03. The van der Waals surface area contributed by atoms with Crippen LogP contribution in [0.5, 0.6) is 17.4 Å². The lowest BCUT2D eigenvalue weighted by atomic mass is 9.79. The number of likely N-dealkylation sites (tertiary alicyclic amines) is 2. The molecule has 5 rings (SSSR count). The van der Waals surface area contributed by atoms with E-state index in [-0.39, 0.29) is 61.8 Å². The first-order valence-corrected chi connectivity index (χ1v) is 15.9. The predicted octanol–water partition coefficient (Wildman–Crippen LogP) is 4.91. The van der Waals surface area contributed by atoms with E-state index in [1.54, 1.807) is 9.80 Å². The monoisotopic (exact) mass is 687 g/mol. The van der Waals surface area contributed by atoms with Gasteiger partial charge in [-0.05, 0) is 57.7 Å². The zero-order valence-corrected chi connectivity index (χ0v) is 27.5. The Balaban J connectivity index is 1.23. The van der Waals surface area contributed by atoms with Crippen molar-refractivity contribution in [2.24, 2.45) is 5.92 Å². The molecule has 2 fully saturated rings. The molecule has 3 heterocycles. The molecule has 0 spiro atoms. The van der Waals surface area contributed by atoms with E-state index < -0.39 is 40.7 Å². The maximum atomic E-state index is 13.9. The molecule has 0 unspecified atom stereocenters. The number of amides is 2. The second-order valence-corrected chi connectivity index (χ2v) is 13.4. The fraction of sp³-hybridized carbons (Fsp3) is 0.471. The molecule has 49 heavy (non-hydrogen) atoms. The zero-order valence-electron chi connectivity index (χ0n) is 27.5. The van der Waals surface area contributed by atoms with Crippen LogP contribution in [0.4, 0.5) is 23.7 Å². The summed E-state index contributed by atoms with van der Waals surface area (Å²) in [4.78, 5) is 47.3. The lowest BCUT2D eigenvalue weighted by molar-refractivity contribution is -0.274. The summed E-state index contributed by atoms with van der Waals surface area (Å²) in [5, 5.41) is 11.4. The SMILES string of the molecule is CC(C)(C)OC(=O)N1CC[C@@H](C(=O)N2CCC(O)(Cn3cnc(Oc4cccc(OC(F)(F)F)c4)c(N)c3=O)CC2)[C@H](c2ccccc2)C1. The van der Waals surface area contributed by atoms with Gasteiger partial charge < -0.3 is 34.9 Å². The number of nitrogen functional groups attached to an aromatic ring is 1. The van der Waals surface area contributed by atoms with Gasteiger partial charge in [-0.2, -0.15) is 0 Å². The number of halogens is 3. The predicted molar refractivity (Wildman–Crippen MR) is 172 cm³/mol. The number of anilines is 1. The van der Waals surface area contributed by atoms with Crippen LogP contribution in [-0.4, -0.2) is 80.2 Å². The molecule has 3 N–H and O–H groups in total. The number of aliphatic hydroxyl groups is 1. The molecule has 2 saturated heterocycles. The third kappa shape index (κ3) is 9.02. The maximum Gasteiger partial charge on any atom is 0.573 e. The van der Waals surface area contributed by atoms with E-state index in [0.29, 0.717) is 19.5 Å². The van der Waals surface area contributed by atoms with Crippen molar-refractivity contribution in [3.63, 3.8) is 0 Å². The smallest absolute Gasteiger partial charge is 0.444 e. The third-order valence-corrected chi connectivity index (χ3v) is 8.57. The van der Waals surface area contributed by atoms with Crippen molar-refractivity contribution in [2.45, 2.75) is 70.1 Å². The molecule has 0 aliphatic carbocycles. The van der Waals surface area contributed by atoms with E-state index in [0.717, 1.165) is 28.6 Å². The first-order valence-electron chi connectivity index (χ1n) is 15.9. The summed E-state index contributed by atoms with van der Waals surface area (Å²) >= 11 is 0. The normalized spacial score (nSPS) is 19.7. The molecule has 2 aliphatic heterocycles. The number of nitrogens with two attached hydrogens (primary N) is 1. The van der Waals surface area contributed by atoms with Gasteiger partial charge in [0.25, 0.3) is 5.56 Å². The first kappa shape index (κ1) is 35.5. The highest BCUT2D eigenvalue weighted by Gasteiger charge is 2.42. The van der Waals surface area contributed by atoms with Crippen LogP contribution in [-0.2, 0) is 16.1 Å². The molecule has 2 aromatic carbocycles. The Morgan fingerprint density at radius 3 is 2.33 bits per heavy atom. The minimum Gasteiger partial charge on any atom is -0.444 e. The van der Waals surface area contributed by atoms with Crippen LogP contribution in [0.2, 0.25) is 0 Å². The van der Waals surface area contributed by atoms with Gasteiger partial charge in [-0.3, -0.25) is 14.2 Å². The number of carbonyl (C=O) groups is 2. The quantitative estimate of drug-likeness (QED) is 0.353. The number of hydrogen-bond acceptors (Lipinski definition) is 9. The largest absolute Gasteiger partial charge is 0.573 e. The summed E-state index contributed by atoms with van der Waals surface area (Å²) in [5.41, 5.74) is 3.83. The molecule has 2 atom stereocenters. The maximum absolute atomic E-state index is 13.9. The lowest BCUT2D eigenvalue weighted by Gasteiger charge is -2.43. The van der Waals surface area contributed by atoms with Gasteiger partial charge in [-0.25, -0.2) is 9.78 Å². The fourth-order valence-corrected chi connectivity index (χ4v) is 6.16. The molecule has 0 bridgehead atoms. The average molecular weight is 688 g/mol. The fourth-order valence-electron chi connectivity index (χ4n) is 6.16. The number of piperidine rings is 2. The summed E-state index contributed by atoms with van der Waals surface area (Å²) in [6.45, 7) is 6.47. The number of alkyl halides is 3. The Hall–Kier alpha value is -4.79. The van der Waals surface area contributed by atoms with Crippen molar-refractivity contribution < 1.29 is 42.1 Å². The van der Waals surface area contributed by atoms with Crippen molar-refractivity contribution in [1.82, 2.24) is 19.4 Å². The molecular formula is C34H40F3N5O7. The van der Waals surface area contributed by atoms with Crippen LogP contribution in [0, 0.1) is 5.92 Å². The van der Waals surface area contributed by atoms with Crippen molar-refractivity contribution >= 4 is 17.7 Å². The van der Waals surface area contributed by atoms with E-state index in [2.05, 4.69) is 9.72 Å². The van der Waals surface area contributed by atoms with E-state index in [1.165, 1.54) is 12.1 Å². The lowest BCUT2D eigenvalue weighted by Crippen LogP contribution is -2.53. The number of hydrogen-bond donors (Lipinski definition) is 2. The molecular weight excluding hydrogens is 647 g/mol. The highest BCUT2D eigenvalue weighted by Crippen LogP contribution is 2.36. The van der Waals surface area contributed by atoms with Gasteiger partial charge >= 0.3 is 12.5 Å². The standard InChI is InChI=1S/C34H40F3N5O7/c1-32(2,3)49-31(45)41-15-12-25(26(19-41)22-8-5-4-6-9-22)29(43)40-16-13-33(46,14-17-40)20-42-21-39-28(27(38)30(42)44)47-23-10-7-11-24(18-23)48-34(35,36)37/h4-11,18,21,25-26,46H,12-17,19-20,38H2,1-3H3/t25-,26+/m1/s1. The molecule has 12 nitrogen and oxygen atoms in total. The summed E-state index contributed by atoms with van der Waals surface area (Å²) in [6.07, 6.45) is -3.36. The van der Waals surface area contributed by atoms with Gasteiger partial charge in [0.05, 0.1) is 12.1 Å². The van der Waals surface area contributed by atoms with Crippen molar-refractivity contribution in [3.05, 3.63) is 76.8 Å². The number of ether oxygens (including phenoxy) is 3. The summed E-state index contributed by atoms with van der Waals surface area (Å²) in [5.74, 6) is -1.61. The number of benzene rings is 2. The van der Waals surface area contributed by atoms with Crippen LogP contribution >= 0.6 is 0 Å². The second kappa shape index (κ2) is 14.0. The number of rotatable bonds is 7. The number of nitrogens with zero attached hydrogens (tertiary/aromatic N) is 4. The van der Waals surface area contributed by atoms with E-state index in [9.17, 15) is 32.7 Å². The number of aromatic nitrogens is 2. The molecule has 1 aromatic heterocycles. The highest BCUT2D eigenvalue weighted by molar-refractivity contribution is 5.81. The van der Waals surface area contributed by atoms with Gasteiger partial charge in [0, 0.05) is 44.1 Å². The second-order valence-electron chi connectivity index (χ2n) is 13.4. The topological polar surface area (TPSA) is 149 Å². The molecule has 3 aromatic rings. The molecule has 264 valence electrons. The Morgan fingerprint density at radius 2 is 1.67 bits per heavy atom. The zero-order chi connectivity index (χ0) is 35.6. The molecule has 15 heteroatoms. The highest BCUT2D eigenvalue weighted by atomic mass is 19.4. The summed E-state index contributed by atoms with van der Waals surface area (Å²) in [7, 11) is 0. The van der Waals surface area contributed by atoms with Gasteiger partial charge in [0.1, 0.15) is 23.4 Å². The molecule has 0 radical (unpaired) electrons. The Kier molecular flexibility index (Phi) is 10.1. The third-order valence-electron chi connectivity index (χ3n) is 8.57. The van der Waals surface area contributed by atoms with Crippen LogP contribution in [0.15, 0.2) is 65.7 Å². The minimum atomic E-state index is -4.90. The van der Waals surface area contributed by atoms with E-state index >= 15 is 0 Å². The molecule has 0 saturated carbocycles. The number of carbonyl (C=O) groups excluding carboxylic acids is 2.